The van der Waals surface area contributed by atoms with Crippen LogP contribution in [0.4, 0.5) is 5.69 Å². The van der Waals surface area contributed by atoms with Gasteiger partial charge in [-0.2, -0.15) is 0 Å². The van der Waals surface area contributed by atoms with E-state index in [4.69, 9.17) is 26.7 Å². The first kappa shape index (κ1) is 24.8. The van der Waals surface area contributed by atoms with E-state index in [0.29, 0.717) is 5.11 Å². The van der Waals surface area contributed by atoms with Gasteiger partial charge in [-0.1, -0.05) is 12.1 Å². The fourth-order valence-corrected chi connectivity index (χ4v) is 5.82. The summed E-state index contributed by atoms with van der Waals surface area (Å²) < 4.78 is 13.7. The third-order valence-electron chi connectivity index (χ3n) is 7.00. The van der Waals surface area contributed by atoms with Gasteiger partial charge in [0.25, 0.3) is 0 Å². The van der Waals surface area contributed by atoms with Crippen molar-refractivity contribution >= 4 is 23.0 Å². The number of anilines is 1. The van der Waals surface area contributed by atoms with E-state index in [0.717, 1.165) is 40.0 Å². The molecule has 0 amide bonds. The zero-order valence-corrected chi connectivity index (χ0v) is 22.9. The van der Waals surface area contributed by atoms with Gasteiger partial charge in [0, 0.05) is 29.3 Å². The van der Waals surface area contributed by atoms with Crippen molar-refractivity contribution in [2.24, 2.45) is 0 Å². The average molecular weight is 513 g/mol. The predicted molar refractivity (Wildman–Crippen MR) is 152 cm³/mol. The first-order chi connectivity index (χ1) is 17.8. The molecule has 0 aliphatic carbocycles. The van der Waals surface area contributed by atoms with Crippen LogP contribution in [0.1, 0.15) is 45.9 Å². The van der Waals surface area contributed by atoms with Crippen LogP contribution in [0.25, 0.3) is 5.69 Å². The lowest BCUT2D eigenvalue weighted by Crippen LogP contribution is -2.30. The van der Waals surface area contributed by atoms with E-state index in [-0.39, 0.29) is 12.1 Å². The molecule has 0 bridgehead atoms. The molecule has 2 aromatic carbocycles. The Kier molecular flexibility index (Phi) is 6.65. The lowest BCUT2D eigenvalue weighted by molar-refractivity contribution is 0.403. The van der Waals surface area contributed by atoms with E-state index < -0.39 is 0 Å². The van der Waals surface area contributed by atoms with Crippen molar-refractivity contribution in [2.45, 2.75) is 39.8 Å². The average Bonchev–Trinajstić information content (AvgIpc) is 3.38. The third-order valence-corrected chi connectivity index (χ3v) is 7.31. The van der Waals surface area contributed by atoms with Crippen LogP contribution in [-0.4, -0.2) is 28.9 Å². The Morgan fingerprint density at radius 3 is 2.30 bits per heavy atom. The zero-order valence-electron chi connectivity index (χ0n) is 22.1. The Morgan fingerprint density at radius 1 is 0.892 bits per heavy atom. The molecule has 2 atom stereocenters. The Morgan fingerprint density at radius 2 is 1.65 bits per heavy atom. The first-order valence-electron chi connectivity index (χ1n) is 12.3. The largest absolute Gasteiger partial charge is 0.497 e. The van der Waals surface area contributed by atoms with Crippen LogP contribution in [0.3, 0.4) is 0 Å². The molecule has 1 aliphatic heterocycles. The molecule has 2 aromatic heterocycles. The molecule has 1 N–H and O–H groups in total. The molecule has 0 saturated carbocycles. The number of hydrogen-bond acceptors (Lipinski definition) is 4. The molecule has 1 fully saturated rings. The van der Waals surface area contributed by atoms with E-state index in [9.17, 15) is 0 Å². The summed E-state index contributed by atoms with van der Waals surface area (Å²) in [5.41, 5.74) is 8.90. The highest BCUT2D eigenvalue weighted by molar-refractivity contribution is 7.80. The quantitative estimate of drug-likeness (QED) is 0.306. The highest BCUT2D eigenvalue weighted by atomic mass is 32.1. The summed E-state index contributed by atoms with van der Waals surface area (Å²) in [5.74, 6) is 1.46. The molecule has 0 radical (unpaired) electrons. The van der Waals surface area contributed by atoms with Crippen molar-refractivity contribution in [3.63, 3.8) is 0 Å². The summed E-state index contributed by atoms with van der Waals surface area (Å²) >= 11 is 5.96. The van der Waals surface area contributed by atoms with E-state index in [2.05, 4.69) is 66.7 Å². The van der Waals surface area contributed by atoms with Crippen molar-refractivity contribution in [1.82, 2.24) is 14.9 Å². The number of pyridine rings is 1. The predicted octanol–water partition coefficient (Wildman–Crippen LogP) is 6.30. The smallest absolute Gasteiger partial charge is 0.174 e. The molecular weight excluding hydrogens is 480 g/mol. The maximum Gasteiger partial charge on any atom is 0.174 e. The number of ether oxygens (including phenoxy) is 2. The van der Waals surface area contributed by atoms with Crippen molar-refractivity contribution in [3.8, 4) is 17.2 Å². The minimum Gasteiger partial charge on any atom is -0.497 e. The van der Waals surface area contributed by atoms with E-state index in [1.54, 1.807) is 14.2 Å². The SMILES string of the molecule is COc1ccc(OC)c(N2C(=S)N[C@H](c3ccccn3)[C@H]2c2cc(C)n(-c3cc(C)cc(C)c3)c2C)c1. The number of nitrogens with one attached hydrogen (secondary N) is 1. The van der Waals surface area contributed by atoms with Gasteiger partial charge in [-0.25, -0.2) is 0 Å². The summed E-state index contributed by atoms with van der Waals surface area (Å²) in [6.07, 6.45) is 1.82. The molecule has 5 rings (SSSR count). The lowest BCUT2D eigenvalue weighted by Gasteiger charge is -2.29. The number of rotatable bonds is 6. The summed E-state index contributed by atoms with van der Waals surface area (Å²) in [6, 6.07) is 20.4. The van der Waals surface area contributed by atoms with Crippen molar-refractivity contribution in [3.05, 3.63) is 101 Å². The number of nitrogens with zero attached hydrogens (tertiary/aromatic N) is 3. The Balaban J connectivity index is 1.73. The second-order valence-corrected chi connectivity index (χ2v) is 9.93. The van der Waals surface area contributed by atoms with Crippen LogP contribution in [0.15, 0.2) is 66.9 Å². The highest BCUT2D eigenvalue weighted by Crippen LogP contribution is 2.47. The third kappa shape index (κ3) is 4.44. The molecule has 7 heteroatoms. The summed E-state index contributed by atoms with van der Waals surface area (Å²) in [6.45, 7) is 8.61. The summed E-state index contributed by atoms with van der Waals surface area (Å²) in [7, 11) is 3.34. The number of aryl methyl sites for hydroxylation is 3. The van der Waals surface area contributed by atoms with Gasteiger partial charge in [0.05, 0.1) is 37.7 Å². The molecule has 1 aliphatic rings. The highest BCUT2D eigenvalue weighted by Gasteiger charge is 2.43. The van der Waals surface area contributed by atoms with Crippen molar-refractivity contribution in [2.75, 3.05) is 19.1 Å². The standard InChI is InChI=1S/C30H32N4O2S/c1-18-13-19(2)15-22(14-18)33-20(3)16-24(21(33)4)29-28(25-9-7-8-12-31-25)32-30(37)34(29)26-17-23(35-5)10-11-27(26)36-6/h7-17,28-29H,1-6H3,(H,32,37)/t28-,29-/m1/s1. The van der Waals surface area contributed by atoms with Crippen LogP contribution in [0, 0.1) is 27.7 Å². The van der Waals surface area contributed by atoms with E-state index in [1.807, 2.05) is 42.6 Å². The van der Waals surface area contributed by atoms with Crippen LogP contribution in [-0.2, 0) is 0 Å². The van der Waals surface area contributed by atoms with Gasteiger partial charge in [0.15, 0.2) is 5.11 Å². The van der Waals surface area contributed by atoms with E-state index >= 15 is 0 Å². The topological polar surface area (TPSA) is 51.6 Å². The molecule has 1 saturated heterocycles. The second-order valence-electron chi connectivity index (χ2n) is 9.54. The molecule has 3 heterocycles. The van der Waals surface area contributed by atoms with Gasteiger partial charge >= 0.3 is 0 Å². The number of benzene rings is 2. The normalized spacial score (nSPS) is 17.1. The molecular formula is C30H32N4O2S. The van der Waals surface area contributed by atoms with Crippen LogP contribution in [0.5, 0.6) is 11.5 Å². The Hall–Kier alpha value is -3.84. The molecule has 0 unspecified atom stereocenters. The lowest BCUT2D eigenvalue weighted by atomic mass is 9.96. The summed E-state index contributed by atoms with van der Waals surface area (Å²) in [5, 5.41) is 4.17. The minimum atomic E-state index is -0.158. The molecule has 6 nitrogen and oxygen atoms in total. The van der Waals surface area contributed by atoms with E-state index in [1.165, 1.54) is 16.7 Å². The molecule has 37 heavy (non-hydrogen) atoms. The number of hydrogen-bond donors (Lipinski definition) is 1. The van der Waals surface area contributed by atoms with Gasteiger partial charge in [0.2, 0.25) is 0 Å². The van der Waals surface area contributed by atoms with Gasteiger partial charge in [0.1, 0.15) is 11.5 Å². The second kappa shape index (κ2) is 9.90. The number of methoxy groups -OCH3 is 2. The Bertz CT molecular complexity index is 1440. The summed E-state index contributed by atoms with van der Waals surface area (Å²) in [4.78, 5) is 6.85. The van der Waals surface area contributed by atoms with Gasteiger partial charge in [-0.3, -0.25) is 4.98 Å². The molecule has 4 aromatic rings. The minimum absolute atomic E-state index is 0.155. The number of aromatic nitrogens is 2. The fourth-order valence-electron chi connectivity index (χ4n) is 5.48. The van der Waals surface area contributed by atoms with Crippen molar-refractivity contribution < 1.29 is 9.47 Å². The van der Waals surface area contributed by atoms with Gasteiger partial charge < -0.3 is 24.3 Å². The van der Waals surface area contributed by atoms with Crippen LogP contribution >= 0.6 is 12.2 Å². The van der Waals surface area contributed by atoms with Crippen molar-refractivity contribution in [1.29, 1.82) is 0 Å². The van der Waals surface area contributed by atoms with Gasteiger partial charge in [-0.05, 0) is 99.1 Å². The van der Waals surface area contributed by atoms with Gasteiger partial charge in [-0.15, -0.1) is 0 Å². The number of thiocarbonyl (C=S) groups is 1. The molecule has 0 spiro atoms. The van der Waals surface area contributed by atoms with Crippen LogP contribution in [0.2, 0.25) is 0 Å². The Labute approximate surface area is 223 Å². The first-order valence-corrected chi connectivity index (χ1v) is 12.7. The maximum absolute atomic E-state index is 5.96. The monoisotopic (exact) mass is 512 g/mol. The maximum atomic E-state index is 5.96. The zero-order chi connectivity index (χ0) is 26.3. The fraction of sp³-hybridized carbons (Fsp3) is 0.267. The van der Waals surface area contributed by atoms with Crippen LogP contribution < -0.4 is 19.7 Å². The molecule has 190 valence electrons.